The van der Waals surface area contributed by atoms with Crippen molar-refractivity contribution in [3.8, 4) is 0 Å². The average molecular weight is 477 g/mol. The molecule has 35 heavy (non-hydrogen) atoms. The van der Waals surface area contributed by atoms with Gasteiger partial charge in [0.25, 0.3) is 0 Å². The Hall–Kier alpha value is -2.88. The van der Waals surface area contributed by atoms with Gasteiger partial charge in [-0.1, -0.05) is 18.9 Å². The number of rotatable bonds is 6. The summed E-state index contributed by atoms with van der Waals surface area (Å²) in [6, 6.07) is 5.99. The molecule has 3 aromatic heterocycles. The third kappa shape index (κ3) is 5.86. The van der Waals surface area contributed by atoms with Crippen LogP contribution in [0.1, 0.15) is 50.0 Å². The largest absolute Gasteiger partial charge is 0.387 e. The summed E-state index contributed by atoms with van der Waals surface area (Å²) in [5.41, 5.74) is 2.66. The molecule has 2 saturated heterocycles. The van der Waals surface area contributed by atoms with E-state index in [-0.39, 0.29) is 0 Å². The van der Waals surface area contributed by atoms with Crippen LogP contribution in [0.15, 0.2) is 30.6 Å². The highest BCUT2D eigenvalue weighted by Gasteiger charge is 2.19. The van der Waals surface area contributed by atoms with E-state index in [2.05, 4.69) is 43.1 Å². The number of likely N-dealkylation sites (N-methyl/N-ethyl adjacent to an activating group) is 1. The maximum atomic E-state index is 10.2. The van der Waals surface area contributed by atoms with E-state index in [9.17, 15) is 5.11 Å². The van der Waals surface area contributed by atoms with E-state index in [0.29, 0.717) is 11.6 Å². The number of aliphatic hydroxyl groups excluding tert-OH is 1. The second-order valence-corrected chi connectivity index (χ2v) is 9.84. The molecule has 3 aromatic rings. The number of nitrogens with zero attached hydrogens (tertiary/aromatic N) is 7. The third-order valence-corrected chi connectivity index (χ3v) is 6.97. The number of hydrogen-bond donors (Lipinski definition) is 2. The SMILES string of the molecule is C[C@@H](O)c1cc2cnc(Nc3ccc(CN4CCN(C)CC4)cn3)nc2c(N2CCCCCC2)n1. The Morgan fingerprint density at radius 2 is 1.71 bits per heavy atom. The summed E-state index contributed by atoms with van der Waals surface area (Å²) in [6.45, 7) is 8.97. The van der Waals surface area contributed by atoms with Crippen molar-refractivity contribution < 1.29 is 5.11 Å². The third-order valence-electron chi connectivity index (χ3n) is 6.97. The second-order valence-electron chi connectivity index (χ2n) is 9.84. The van der Waals surface area contributed by atoms with Gasteiger partial charge in [-0.05, 0) is 44.5 Å². The van der Waals surface area contributed by atoms with Crippen LogP contribution in [0.25, 0.3) is 10.9 Å². The van der Waals surface area contributed by atoms with Crippen molar-refractivity contribution in [3.63, 3.8) is 0 Å². The fourth-order valence-corrected chi connectivity index (χ4v) is 4.79. The summed E-state index contributed by atoms with van der Waals surface area (Å²) < 4.78 is 0. The van der Waals surface area contributed by atoms with Crippen LogP contribution < -0.4 is 10.2 Å². The number of fused-ring (bicyclic) bond motifs is 1. The predicted octanol–water partition coefficient (Wildman–Crippen LogP) is 3.34. The number of piperazine rings is 1. The molecule has 2 aliphatic rings. The molecule has 1 atom stereocenters. The molecule has 0 unspecified atom stereocenters. The van der Waals surface area contributed by atoms with Crippen molar-refractivity contribution >= 4 is 28.5 Å². The molecule has 0 saturated carbocycles. The van der Waals surface area contributed by atoms with Gasteiger partial charge in [0.15, 0.2) is 5.82 Å². The minimum atomic E-state index is -0.642. The predicted molar refractivity (Wildman–Crippen MR) is 139 cm³/mol. The Morgan fingerprint density at radius 3 is 2.40 bits per heavy atom. The van der Waals surface area contributed by atoms with E-state index in [1.807, 2.05) is 18.3 Å². The molecule has 0 aliphatic carbocycles. The molecule has 0 spiro atoms. The second kappa shape index (κ2) is 10.8. The van der Waals surface area contributed by atoms with Crippen molar-refractivity contribution in [2.24, 2.45) is 0 Å². The molecule has 2 aliphatic heterocycles. The quantitative estimate of drug-likeness (QED) is 0.555. The molecule has 9 heteroatoms. The number of anilines is 3. The Balaban J connectivity index is 1.35. The van der Waals surface area contributed by atoms with Crippen molar-refractivity contribution in [1.29, 1.82) is 0 Å². The summed E-state index contributed by atoms with van der Waals surface area (Å²) in [5.74, 6) is 2.05. The number of pyridine rings is 2. The molecule has 9 nitrogen and oxygen atoms in total. The fraction of sp³-hybridized carbons (Fsp3) is 0.538. The lowest BCUT2D eigenvalue weighted by Crippen LogP contribution is -2.43. The lowest BCUT2D eigenvalue weighted by Gasteiger charge is -2.32. The van der Waals surface area contributed by atoms with Crippen LogP contribution >= 0.6 is 0 Å². The maximum Gasteiger partial charge on any atom is 0.229 e. The lowest BCUT2D eigenvalue weighted by molar-refractivity contribution is 0.148. The van der Waals surface area contributed by atoms with Crippen LogP contribution in [-0.2, 0) is 6.54 Å². The van der Waals surface area contributed by atoms with Crippen LogP contribution in [0.5, 0.6) is 0 Å². The van der Waals surface area contributed by atoms with E-state index in [1.54, 1.807) is 13.1 Å². The molecule has 0 amide bonds. The zero-order valence-electron chi connectivity index (χ0n) is 20.8. The normalized spacial score (nSPS) is 19.0. The zero-order chi connectivity index (χ0) is 24.2. The van der Waals surface area contributed by atoms with E-state index in [0.717, 1.165) is 81.2 Å². The van der Waals surface area contributed by atoms with Crippen molar-refractivity contribution in [2.45, 2.75) is 45.3 Å². The molecule has 2 N–H and O–H groups in total. The van der Waals surface area contributed by atoms with Gasteiger partial charge < -0.3 is 20.2 Å². The van der Waals surface area contributed by atoms with E-state index in [4.69, 9.17) is 9.97 Å². The molecule has 0 aromatic carbocycles. The standard InChI is InChI=1S/C26H36N8O/c1-19(35)22-15-21-17-28-26(31-24(21)25(29-22)34-9-5-3-4-6-10-34)30-23-8-7-20(16-27-23)18-33-13-11-32(2)12-14-33/h7-8,15-17,19,35H,3-6,9-14,18H2,1-2H3,(H,27,28,30,31)/t19-/m1/s1. The highest BCUT2D eigenvalue weighted by molar-refractivity contribution is 5.89. The minimum absolute atomic E-state index is 0.500. The molecular weight excluding hydrogens is 440 g/mol. The first kappa shape index (κ1) is 23.8. The monoisotopic (exact) mass is 476 g/mol. The minimum Gasteiger partial charge on any atom is -0.387 e. The molecule has 5 rings (SSSR count). The smallest absolute Gasteiger partial charge is 0.229 e. The first-order valence-corrected chi connectivity index (χ1v) is 12.8. The lowest BCUT2D eigenvalue weighted by atomic mass is 10.2. The Bertz CT molecular complexity index is 1120. The number of aromatic nitrogens is 4. The topological polar surface area (TPSA) is 93.5 Å². The van der Waals surface area contributed by atoms with Crippen LogP contribution in [0, 0.1) is 0 Å². The van der Waals surface area contributed by atoms with Crippen LogP contribution in [-0.4, -0.2) is 81.2 Å². The molecular formula is C26H36N8O. The average Bonchev–Trinajstić information content (AvgIpc) is 3.15. The maximum absolute atomic E-state index is 10.2. The van der Waals surface area contributed by atoms with Gasteiger partial charge in [0.1, 0.15) is 11.3 Å². The zero-order valence-corrected chi connectivity index (χ0v) is 20.8. The van der Waals surface area contributed by atoms with Crippen molar-refractivity contribution in [2.75, 3.05) is 56.5 Å². The van der Waals surface area contributed by atoms with Gasteiger partial charge in [-0.2, -0.15) is 0 Å². The summed E-state index contributed by atoms with van der Waals surface area (Å²) in [6.07, 6.45) is 7.86. The van der Waals surface area contributed by atoms with Gasteiger partial charge in [0, 0.05) is 63.6 Å². The molecule has 2 fully saturated rings. The van der Waals surface area contributed by atoms with Gasteiger partial charge in [-0.25, -0.2) is 19.9 Å². The number of nitrogens with one attached hydrogen (secondary N) is 1. The summed E-state index contributed by atoms with van der Waals surface area (Å²) in [4.78, 5) is 25.9. The molecule has 0 radical (unpaired) electrons. The van der Waals surface area contributed by atoms with E-state index < -0.39 is 6.10 Å². The van der Waals surface area contributed by atoms with Crippen molar-refractivity contribution in [1.82, 2.24) is 29.7 Å². The Labute approximate surface area is 207 Å². The van der Waals surface area contributed by atoms with Gasteiger partial charge >= 0.3 is 0 Å². The molecule has 5 heterocycles. The van der Waals surface area contributed by atoms with Gasteiger partial charge in [-0.3, -0.25) is 4.90 Å². The summed E-state index contributed by atoms with van der Waals surface area (Å²) in [5, 5.41) is 14.3. The number of aliphatic hydroxyl groups is 1. The first-order chi connectivity index (χ1) is 17.0. The summed E-state index contributed by atoms with van der Waals surface area (Å²) >= 11 is 0. The Kier molecular flexibility index (Phi) is 7.36. The first-order valence-electron chi connectivity index (χ1n) is 12.8. The summed E-state index contributed by atoms with van der Waals surface area (Å²) in [7, 11) is 2.17. The molecule has 186 valence electrons. The van der Waals surface area contributed by atoms with Gasteiger partial charge in [0.2, 0.25) is 5.95 Å². The van der Waals surface area contributed by atoms with Crippen LogP contribution in [0.3, 0.4) is 0 Å². The van der Waals surface area contributed by atoms with Crippen molar-refractivity contribution in [3.05, 3.63) is 41.9 Å². The number of hydrogen-bond acceptors (Lipinski definition) is 9. The van der Waals surface area contributed by atoms with E-state index in [1.165, 1.54) is 18.4 Å². The fourth-order valence-electron chi connectivity index (χ4n) is 4.79. The van der Waals surface area contributed by atoms with Gasteiger partial charge in [-0.15, -0.1) is 0 Å². The highest BCUT2D eigenvalue weighted by atomic mass is 16.3. The van der Waals surface area contributed by atoms with Gasteiger partial charge in [0.05, 0.1) is 11.8 Å². The van der Waals surface area contributed by atoms with E-state index >= 15 is 0 Å². The van der Waals surface area contributed by atoms with Crippen LogP contribution in [0.4, 0.5) is 17.6 Å². The highest BCUT2D eigenvalue weighted by Crippen LogP contribution is 2.29. The Morgan fingerprint density at radius 1 is 0.943 bits per heavy atom. The molecule has 0 bridgehead atoms. The van der Waals surface area contributed by atoms with Crippen LogP contribution in [0.2, 0.25) is 0 Å².